The standard InChI is InChI=1S/C38H42BrN3O4S/c1-28-13-17-31(18-14-28)26-41(36(25-30-9-5-3-6-10-30)38(44)40-33-11-7-4-8-12-33)37(43)27-42(34-21-19-32(39)20-22-34)47(45,46)35-23-15-29(2)16-24-35/h3,5-6,9-10,13-24,33,36H,4,7-8,11-12,25-27H2,1-2H3,(H,40,44). The number of benzene rings is 4. The van der Waals surface area contributed by atoms with Gasteiger partial charge in [-0.15, -0.1) is 0 Å². The van der Waals surface area contributed by atoms with E-state index in [4.69, 9.17) is 0 Å². The fourth-order valence-corrected chi connectivity index (χ4v) is 7.64. The van der Waals surface area contributed by atoms with Crippen molar-refractivity contribution in [1.82, 2.24) is 10.2 Å². The monoisotopic (exact) mass is 715 g/mol. The van der Waals surface area contributed by atoms with E-state index in [9.17, 15) is 18.0 Å². The number of sulfonamides is 1. The third-order valence-corrected chi connectivity index (χ3v) is 11.0. The summed E-state index contributed by atoms with van der Waals surface area (Å²) >= 11 is 3.43. The van der Waals surface area contributed by atoms with Crippen molar-refractivity contribution in [3.8, 4) is 0 Å². The Morgan fingerprint density at radius 3 is 2.00 bits per heavy atom. The molecule has 9 heteroatoms. The zero-order valence-corrected chi connectivity index (χ0v) is 29.3. The highest BCUT2D eigenvalue weighted by molar-refractivity contribution is 9.10. The number of carbonyl (C=O) groups excluding carboxylic acids is 2. The van der Waals surface area contributed by atoms with Gasteiger partial charge in [0.05, 0.1) is 10.6 Å². The number of halogens is 1. The second-order valence-electron chi connectivity index (χ2n) is 12.4. The zero-order chi connectivity index (χ0) is 33.4. The molecule has 0 spiro atoms. The van der Waals surface area contributed by atoms with Gasteiger partial charge in [0.15, 0.2) is 0 Å². The number of rotatable bonds is 12. The molecular formula is C38H42BrN3O4S. The van der Waals surface area contributed by atoms with Crippen LogP contribution in [-0.2, 0) is 32.6 Å². The van der Waals surface area contributed by atoms with Crippen molar-refractivity contribution in [2.45, 2.75) is 75.9 Å². The highest BCUT2D eigenvalue weighted by atomic mass is 79.9. The Kier molecular flexibility index (Phi) is 11.5. The van der Waals surface area contributed by atoms with Crippen LogP contribution in [0.2, 0.25) is 0 Å². The Labute approximate surface area is 287 Å². The molecule has 7 nitrogen and oxygen atoms in total. The molecule has 1 fully saturated rings. The minimum atomic E-state index is -4.15. The SMILES string of the molecule is Cc1ccc(CN(C(=O)CN(c2ccc(Br)cc2)S(=O)(=O)c2ccc(C)cc2)C(Cc2ccccc2)C(=O)NC2CCCCC2)cc1. The molecule has 2 amide bonds. The van der Waals surface area contributed by atoms with E-state index >= 15 is 0 Å². The summed E-state index contributed by atoms with van der Waals surface area (Å²) in [4.78, 5) is 30.5. The summed E-state index contributed by atoms with van der Waals surface area (Å²) in [5.41, 5.74) is 4.11. The number of anilines is 1. The summed E-state index contributed by atoms with van der Waals surface area (Å²) in [6.07, 6.45) is 5.36. The summed E-state index contributed by atoms with van der Waals surface area (Å²) < 4.78 is 30.3. The topological polar surface area (TPSA) is 86.8 Å². The molecule has 1 saturated carbocycles. The van der Waals surface area contributed by atoms with Gasteiger partial charge in [-0.2, -0.15) is 0 Å². The molecule has 0 aliphatic heterocycles. The van der Waals surface area contributed by atoms with E-state index in [0.717, 1.165) is 63.1 Å². The summed E-state index contributed by atoms with van der Waals surface area (Å²) in [7, 11) is -4.15. The van der Waals surface area contributed by atoms with Crippen molar-refractivity contribution in [3.05, 3.63) is 130 Å². The first-order valence-corrected chi connectivity index (χ1v) is 18.4. The van der Waals surface area contributed by atoms with Crippen LogP contribution in [0.5, 0.6) is 0 Å². The van der Waals surface area contributed by atoms with Gasteiger partial charge in [-0.3, -0.25) is 13.9 Å². The van der Waals surface area contributed by atoms with Crippen LogP contribution in [0.3, 0.4) is 0 Å². The summed E-state index contributed by atoms with van der Waals surface area (Å²) in [6, 6.07) is 30.1. The van der Waals surface area contributed by atoms with Crippen LogP contribution in [0.1, 0.15) is 54.4 Å². The number of hydrogen-bond donors (Lipinski definition) is 1. The van der Waals surface area contributed by atoms with Crippen molar-refractivity contribution < 1.29 is 18.0 Å². The van der Waals surface area contributed by atoms with Gasteiger partial charge in [0.1, 0.15) is 12.6 Å². The van der Waals surface area contributed by atoms with Crippen LogP contribution in [-0.4, -0.2) is 43.8 Å². The van der Waals surface area contributed by atoms with Gasteiger partial charge >= 0.3 is 0 Å². The molecular weight excluding hydrogens is 674 g/mol. The number of aryl methyl sites for hydroxylation is 2. The second-order valence-corrected chi connectivity index (χ2v) is 15.1. The van der Waals surface area contributed by atoms with E-state index in [1.807, 2.05) is 68.4 Å². The molecule has 4 aromatic carbocycles. The number of nitrogens with one attached hydrogen (secondary N) is 1. The molecule has 1 unspecified atom stereocenters. The first-order chi connectivity index (χ1) is 22.6. The molecule has 0 bridgehead atoms. The summed E-state index contributed by atoms with van der Waals surface area (Å²) in [6.45, 7) is 3.55. The van der Waals surface area contributed by atoms with Crippen molar-refractivity contribution in [1.29, 1.82) is 0 Å². The van der Waals surface area contributed by atoms with E-state index in [-0.39, 0.29) is 23.4 Å². The van der Waals surface area contributed by atoms with Crippen molar-refractivity contribution >= 4 is 43.5 Å². The smallest absolute Gasteiger partial charge is 0.264 e. The molecule has 0 heterocycles. The van der Waals surface area contributed by atoms with Gasteiger partial charge in [0, 0.05) is 23.5 Å². The molecule has 0 aromatic heterocycles. The lowest BCUT2D eigenvalue weighted by Crippen LogP contribution is -2.55. The predicted octanol–water partition coefficient (Wildman–Crippen LogP) is 7.35. The Bertz CT molecular complexity index is 1740. The van der Waals surface area contributed by atoms with Gasteiger partial charge in [0.2, 0.25) is 11.8 Å². The number of amides is 2. The molecule has 1 N–H and O–H groups in total. The Hall–Kier alpha value is -3.95. The second kappa shape index (κ2) is 15.8. The Morgan fingerprint density at radius 2 is 1.38 bits per heavy atom. The normalized spacial score (nSPS) is 14.3. The first-order valence-electron chi connectivity index (χ1n) is 16.1. The average Bonchev–Trinajstić information content (AvgIpc) is 3.07. The van der Waals surface area contributed by atoms with Gasteiger partial charge < -0.3 is 10.2 Å². The van der Waals surface area contributed by atoms with Crippen LogP contribution < -0.4 is 9.62 Å². The lowest BCUT2D eigenvalue weighted by Gasteiger charge is -2.35. The van der Waals surface area contributed by atoms with Crippen molar-refractivity contribution in [2.75, 3.05) is 10.8 Å². The van der Waals surface area contributed by atoms with Crippen molar-refractivity contribution in [2.24, 2.45) is 0 Å². The van der Waals surface area contributed by atoms with E-state index in [2.05, 4.69) is 21.2 Å². The number of hydrogen-bond acceptors (Lipinski definition) is 4. The fourth-order valence-electron chi connectivity index (χ4n) is 5.96. The average molecular weight is 717 g/mol. The van der Waals surface area contributed by atoms with E-state index in [0.29, 0.717) is 12.1 Å². The molecule has 1 atom stereocenters. The van der Waals surface area contributed by atoms with E-state index < -0.39 is 28.5 Å². The minimum absolute atomic E-state index is 0.0482. The van der Waals surface area contributed by atoms with Gasteiger partial charge in [0.25, 0.3) is 10.0 Å². The third kappa shape index (κ3) is 9.11. The molecule has 1 aliphatic rings. The maximum atomic E-state index is 14.7. The Balaban J connectivity index is 1.55. The van der Waals surface area contributed by atoms with Gasteiger partial charge in [-0.25, -0.2) is 8.42 Å². The Morgan fingerprint density at radius 1 is 0.787 bits per heavy atom. The van der Waals surface area contributed by atoms with Crippen LogP contribution in [0, 0.1) is 13.8 Å². The van der Waals surface area contributed by atoms with Gasteiger partial charge in [-0.05, 0) is 74.2 Å². The van der Waals surface area contributed by atoms with Crippen molar-refractivity contribution in [3.63, 3.8) is 0 Å². The molecule has 5 rings (SSSR count). The molecule has 0 saturated heterocycles. The molecule has 246 valence electrons. The summed E-state index contributed by atoms with van der Waals surface area (Å²) in [5, 5.41) is 3.25. The zero-order valence-electron chi connectivity index (χ0n) is 26.9. The van der Waals surface area contributed by atoms with Crippen LogP contribution >= 0.6 is 15.9 Å². The van der Waals surface area contributed by atoms with E-state index in [1.54, 1.807) is 53.4 Å². The predicted molar refractivity (Wildman–Crippen MR) is 191 cm³/mol. The molecule has 1 aliphatic carbocycles. The lowest BCUT2D eigenvalue weighted by molar-refractivity contribution is -0.140. The van der Waals surface area contributed by atoms with E-state index in [1.165, 1.54) is 0 Å². The highest BCUT2D eigenvalue weighted by Gasteiger charge is 2.35. The molecule has 0 radical (unpaired) electrons. The largest absolute Gasteiger partial charge is 0.352 e. The van der Waals surface area contributed by atoms with Crippen LogP contribution in [0.4, 0.5) is 5.69 Å². The quantitative estimate of drug-likeness (QED) is 0.166. The molecule has 47 heavy (non-hydrogen) atoms. The first kappa shape index (κ1) is 34.4. The lowest BCUT2D eigenvalue weighted by atomic mass is 9.94. The number of nitrogens with zero attached hydrogens (tertiary/aromatic N) is 2. The van der Waals surface area contributed by atoms with Gasteiger partial charge in [-0.1, -0.05) is 113 Å². The van der Waals surface area contributed by atoms with Crippen LogP contribution in [0.15, 0.2) is 112 Å². The minimum Gasteiger partial charge on any atom is -0.352 e. The maximum Gasteiger partial charge on any atom is 0.264 e. The maximum absolute atomic E-state index is 14.7. The fraction of sp³-hybridized carbons (Fsp3) is 0.316. The summed E-state index contributed by atoms with van der Waals surface area (Å²) in [5.74, 6) is -0.693. The highest BCUT2D eigenvalue weighted by Crippen LogP contribution is 2.27. The number of carbonyl (C=O) groups is 2. The molecule has 4 aromatic rings. The third-order valence-electron chi connectivity index (χ3n) is 8.70. The van der Waals surface area contributed by atoms with Crippen LogP contribution in [0.25, 0.3) is 0 Å².